The van der Waals surface area contributed by atoms with Gasteiger partial charge < -0.3 is 4.42 Å². The SMILES string of the molecule is CN1Cc2oc(C3CCC3)c(Br)c2C1. The third kappa shape index (κ3) is 1.18. The number of hydrogen-bond donors (Lipinski definition) is 0. The standard InChI is InChI=1S/C11H14BrNO/c1-13-5-8-9(6-13)14-11(10(8)12)7-3-2-4-7/h7H,2-6H2,1H3. The summed E-state index contributed by atoms with van der Waals surface area (Å²) in [7, 11) is 2.13. The van der Waals surface area contributed by atoms with Gasteiger partial charge in [-0.1, -0.05) is 6.42 Å². The van der Waals surface area contributed by atoms with Gasteiger partial charge in [0.25, 0.3) is 0 Å². The molecule has 0 amide bonds. The second kappa shape index (κ2) is 3.11. The van der Waals surface area contributed by atoms with E-state index in [2.05, 4.69) is 27.9 Å². The lowest BCUT2D eigenvalue weighted by molar-refractivity contribution is 0.296. The van der Waals surface area contributed by atoms with Crippen LogP contribution in [-0.4, -0.2) is 11.9 Å². The predicted molar refractivity (Wildman–Crippen MR) is 58.2 cm³/mol. The van der Waals surface area contributed by atoms with E-state index < -0.39 is 0 Å². The smallest absolute Gasteiger partial charge is 0.123 e. The highest BCUT2D eigenvalue weighted by atomic mass is 79.9. The zero-order valence-electron chi connectivity index (χ0n) is 8.35. The van der Waals surface area contributed by atoms with E-state index in [9.17, 15) is 0 Å². The molecule has 3 rings (SSSR count). The summed E-state index contributed by atoms with van der Waals surface area (Å²) in [5.41, 5.74) is 1.38. The summed E-state index contributed by atoms with van der Waals surface area (Å²) < 4.78 is 7.19. The summed E-state index contributed by atoms with van der Waals surface area (Å²) in [4.78, 5) is 2.28. The molecule has 0 unspecified atom stereocenters. The molecule has 1 saturated carbocycles. The van der Waals surface area contributed by atoms with Gasteiger partial charge in [-0.25, -0.2) is 0 Å². The second-order valence-electron chi connectivity index (χ2n) is 4.48. The van der Waals surface area contributed by atoms with Crippen molar-refractivity contribution in [2.75, 3.05) is 7.05 Å². The predicted octanol–water partition coefficient (Wildman–Crippen LogP) is 3.26. The Labute approximate surface area is 92.4 Å². The quantitative estimate of drug-likeness (QED) is 0.766. The van der Waals surface area contributed by atoms with Crippen molar-refractivity contribution in [3.8, 4) is 0 Å². The van der Waals surface area contributed by atoms with Crippen molar-refractivity contribution in [1.29, 1.82) is 0 Å². The van der Waals surface area contributed by atoms with E-state index >= 15 is 0 Å². The van der Waals surface area contributed by atoms with Crippen molar-refractivity contribution in [3.05, 3.63) is 21.6 Å². The number of halogens is 1. The molecule has 0 radical (unpaired) electrons. The molecule has 1 aliphatic heterocycles. The Hall–Kier alpha value is -0.280. The molecule has 2 aliphatic rings. The first kappa shape index (κ1) is 8.98. The van der Waals surface area contributed by atoms with Crippen molar-refractivity contribution in [1.82, 2.24) is 4.90 Å². The monoisotopic (exact) mass is 255 g/mol. The molecule has 0 atom stereocenters. The highest BCUT2D eigenvalue weighted by Gasteiger charge is 2.31. The molecule has 3 heteroatoms. The maximum Gasteiger partial charge on any atom is 0.123 e. The van der Waals surface area contributed by atoms with E-state index in [0.29, 0.717) is 5.92 Å². The molecule has 0 bridgehead atoms. The van der Waals surface area contributed by atoms with Crippen LogP contribution >= 0.6 is 15.9 Å². The summed E-state index contributed by atoms with van der Waals surface area (Å²) in [6.45, 7) is 2.01. The minimum Gasteiger partial charge on any atom is -0.463 e. The molecule has 2 nitrogen and oxygen atoms in total. The van der Waals surface area contributed by atoms with Crippen molar-refractivity contribution in [3.63, 3.8) is 0 Å². The van der Waals surface area contributed by atoms with E-state index in [4.69, 9.17) is 4.42 Å². The zero-order chi connectivity index (χ0) is 9.71. The van der Waals surface area contributed by atoms with Gasteiger partial charge in [0.15, 0.2) is 0 Å². The van der Waals surface area contributed by atoms with Crippen LogP contribution < -0.4 is 0 Å². The van der Waals surface area contributed by atoms with E-state index in [1.165, 1.54) is 40.8 Å². The van der Waals surface area contributed by atoms with Crippen LogP contribution in [0.5, 0.6) is 0 Å². The zero-order valence-corrected chi connectivity index (χ0v) is 9.93. The van der Waals surface area contributed by atoms with Crippen molar-refractivity contribution in [2.24, 2.45) is 0 Å². The number of furan rings is 1. The van der Waals surface area contributed by atoms with Crippen LogP contribution in [0.4, 0.5) is 0 Å². The van der Waals surface area contributed by atoms with Gasteiger partial charge in [-0.05, 0) is 35.8 Å². The molecule has 1 aromatic rings. The first-order valence-corrected chi connectivity index (χ1v) is 6.03. The fraction of sp³-hybridized carbons (Fsp3) is 0.636. The van der Waals surface area contributed by atoms with Gasteiger partial charge in [-0.2, -0.15) is 0 Å². The highest BCUT2D eigenvalue weighted by molar-refractivity contribution is 9.10. The summed E-state index contributed by atoms with van der Waals surface area (Å²) in [6, 6.07) is 0. The molecule has 14 heavy (non-hydrogen) atoms. The van der Waals surface area contributed by atoms with Crippen LogP contribution in [0, 0.1) is 0 Å². The molecule has 1 fully saturated rings. The number of fused-ring (bicyclic) bond motifs is 1. The van der Waals surface area contributed by atoms with Gasteiger partial charge >= 0.3 is 0 Å². The van der Waals surface area contributed by atoms with E-state index in [1.807, 2.05) is 0 Å². The first-order valence-electron chi connectivity index (χ1n) is 5.24. The van der Waals surface area contributed by atoms with Gasteiger partial charge in [0.2, 0.25) is 0 Å². The molecule has 1 aliphatic carbocycles. The van der Waals surface area contributed by atoms with Crippen LogP contribution in [0.1, 0.15) is 42.3 Å². The van der Waals surface area contributed by atoms with Gasteiger partial charge in [0.1, 0.15) is 11.5 Å². The molecule has 76 valence electrons. The Kier molecular flexibility index (Phi) is 1.99. The fourth-order valence-corrected chi connectivity index (χ4v) is 3.05. The number of nitrogens with zero attached hydrogens (tertiary/aromatic N) is 1. The minimum atomic E-state index is 0.695. The Morgan fingerprint density at radius 2 is 2.14 bits per heavy atom. The first-order chi connectivity index (χ1) is 6.75. The van der Waals surface area contributed by atoms with Crippen LogP contribution in [0.15, 0.2) is 8.89 Å². The van der Waals surface area contributed by atoms with Crippen LogP contribution in [-0.2, 0) is 13.1 Å². The van der Waals surface area contributed by atoms with Crippen LogP contribution in [0.3, 0.4) is 0 Å². The molecule has 0 saturated heterocycles. The van der Waals surface area contributed by atoms with Crippen molar-refractivity contribution >= 4 is 15.9 Å². The maximum absolute atomic E-state index is 5.94. The second-order valence-corrected chi connectivity index (χ2v) is 5.28. The van der Waals surface area contributed by atoms with Gasteiger partial charge in [-0.3, -0.25) is 4.90 Å². The molecular formula is C11H14BrNO. The van der Waals surface area contributed by atoms with E-state index in [-0.39, 0.29) is 0 Å². The van der Waals surface area contributed by atoms with Crippen LogP contribution in [0.25, 0.3) is 0 Å². The van der Waals surface area contributed by atoms with Gasteiger partial charge in [0, 0.05) is 18.0 Å². The normalized spacial score (nSPS) is 22.4. The fourth-order valence-electron chi connectivity index (χ4n) is 2.30. The topological polar surface area (TPSA) is 16.4 Å². The summed E-state index contributed by atoms with van der Waals surface area (Å²) in [5.74, 6) is 3.09. The number of rotatable bonds is 1. The van der Waals surface area contributed by atoms with Gasteiger partial charge in [0.05, 0.1) is 11.0 Å². The maximum atomic E-state index is 5.94. The molecule has 0 aromatic carbocycles. The van der Waals surface area contributed by atoms with Crippen molar-refractivity contribution < 1.29 is 4.42 Å². The molecular weight excluding hydrogens is 242 g/mol. The Morgan fingerprint density at radius 3 is 2.71 bits per heavy atom. The largest absolute Gasteiger partial charge is 0.463 e. The molecule has 1 aromatic heterocycles. The lowest BCUT2D eigenvalue weighted by atomic mass is 9.83. The number of hydrogen-bond acceptors (Lipinski definition) is 2. The van der Waals surface area contributed by atoms with Gasteiger partial charge in [-0.15, -0.1) is 0 Å². The minimum absolute atomic E-state index is 0.695. The molecule has 2 heterocycles. The van der Waals surface area contributed by atoms with E-state index in [0.717, 1.165) is 13.1 Å². The Balaban J connectivity index is 1.97. The average molecular weight is 256 g/mol. The third-order valence-electron chi connectivity index (χ3n) is 3.37. The van der Waals surface area contributed by atoms with Crippen LogP contribution in [0.2, 0.25) is 0 Å². The summed E-state index contributed by atoms with van der Waals surface area (Å²) in [5, 5.41) is 0. The lowest BCUT2D eigenvalue weighted by Crippen LogP contribution is -2.11. The lowest BCUT2D eigenvalue weighted by Gasteiger charge is -2.23. The summed E-state index contributed by atoms with van der Waals surface area (Å²) in [6.07, 6.45) is 3.98. The molecule has 0 spiro atoms. The average Bonchev–Trinajstić information content (AvgIpc) is 2.51. The van der Waals surface area contributed by atoms with Crippen molar-refractivity contribution in [2.45, 2.75) is 38.3 Å². The third-order valence-corrected chi connectivity index (χ3v) is 4.24. The Bertz CT molecular complexity index is 368. The summed E-state index contributed by atoms with van der Waals surface area (Å²) >= 11 is 3.68. The Morgan fingerprint density at radius 1 is 1.36 bits per heavy atom. The highest BCUT2D eigenvalue weighted by Crippen LogP contribution is 2.44. The van der Waals surface area contributed by atoms with E-state index in [1.54, 1.807) is 0 Å². The molecule has 0 N–H and O–H groups in total.